The predicted molar refractivity (Wildman–Crippen MR) is 84.1 cm³/mol. The van der Waals surface area contributed by atoms with E-state index in [1.807, 2.05) is 0 Å². The minimum Gasteiger partial charge on any atom is -0.383 e. The fraction of sp³-hybridized carbons (Fsp3) is 0.571. The summed E-state index contributed by atoms with van der Waals surface area (Å²) in [6.45, 7) is 0. The maximum absolute atomic E-state index is 12.1. The van der Waals surface area contributed by atoms with Gasteiger partial charge in [0.2, 0.25) is 11.8 Å². The molecule has 7 nitrogen and oxygen atoms in total. The van der Waals surface area contributed by atoms with Gasteiger partial charge in [0.1, 0.15) is 5.82 Å². The van der Waals surface area contributed by atoms with Crippen LogP contribution in [-0.4, -0.2) is 22.6 Å². The summed E-state index contributed by atoms with van der Waals surface area (Å²) >= 11 is 1.08. The normalized spacial score (nSPS) is 23.8. The van der Waals surface area contributed by atoms with E-state index in [9.17, 15) is 14.9 Å². The zero-order valence-electron chi connectivity index (χ0n) is 12.2. The first-order valence-electron chi connectivity index (χ1n) is 7.11. The minimum absolute atomic E-state index is 0.00609. The Bertz CT molecular complexity index is 599. The van der Waals surface area contributed by atoms with E-state index in [1.165, 1.54) is 0 Å². The first kappa shape index (κ1) is 16.4. The van der Waals surface area contributed by atoms with E-state index in [4.69, 9.17) is 17.2 Å². The molecule has 118 valence electrons. The fourth-order valence-electron chi connectivity index (χ4n) is 3.42. The summed E-state index contributed by atoms with van der Waals surface area (Å²) in [6.07, 6.45) is 4.18. The average Bonchev–Trinajstić information content (AvgIpc) is 2.45. The summed E-state index contributed by atoms with van der Waals surface area (Å²) in [5.41, 5.74) is 16.4. The Morgan fingerprint density at radius 2 is 1.95 bits per heavy atom. The number of hydrogen-bond donors (Lipinski definition) is 3. The van der Waals surface area contributed by atoms with Crippen LogP contribution in [0.2, 0.25) is 0 Å². The Morgan fingerprint density at radius 1 is 1.32 bits per heavy atom. The number of carbonyl (C=O) groups excluding carboxylic acids is 2. The van der Waals surface area contributed by atoms with Crippen LogP contribution in [-0.2, 0) is 9.59 Å². The predicted octanol–water partition coefficient (Wildman–Crippen LogP) is 0.363. The van der Waals surface area contributed by atoms with Gasteiger partial charge in [-0.1, -0.05) is 31.0 Å². The maximum atomic E-state index is 12.1. The molecule has 0 radical (unpaired) electrons. The fourth-order valence-corrected chi connectivity index (χ4v) is 4.38. The lowest BCUT2D eigenvalue weighted by Crippen LogP contribution is -2.48. The van der Waals surface area contributed by atoms with Crippen molar-refractivity contribution in [1.82, 2.24) is 0 Å². The highest BCUT2D eigenvalue weighted by Gasteiger charge is 2.51. The smallest absolute Gasteiger partial charge is 0.228 e. The zero-order chi connectivity index (χ0) is 16.3. The molecular weight excluding hydrogens is 302 g/mol. The number of rotatable bonds is 3. The van der Waals surface area contributed by atoms with E-state index < -0.39 is 23.1 Å². The molecule has 1 saturated carbocycles. The Kier molecular flexibility index (Phi) is 4.76. The van der Waals surface area contributed by atoms with Crippen molar-refractivity contribution >= 4 is 28.6 Å². The Balaban J connectivity index is 2.50. The molecule has 22 heavy (non-hydrogen) atoms. The highest BCUT2D eigenvalue weighted by molar-refractivity contribution is 8.14. The molecular formula is C14H19N5O2S. The summed E-state index contributed by atoms with van der Waals surface area (Å²) in [6, 6.07) is 2.12. The van der Waals surface area contributed by atoms with Crippen molar-refractivity contribution < 1.29 is 9.59 Å². The lowest BCUT2D eigenvalue weighted by Gasteiger charge is -2.44. The van der Waals surface area contributed by atoms with Gasteiger partial charge in [-0.15, -0.1) is 0 Å². The summed E-state index contributed by atoms with van der Waals surface area (Å²) in [5.74, 6) is -1.67. The summed E-state index contributed by atoms with van der Waals surface area (Å²) in [5, 5.41) is 9.89. The lowest BCUT2D eigenvalue weighted by molar-refractivity contribution is -0.123. The molecule has 1 aliphatic carbocycles. The molecule has 0 aromatic rings. The van der Waals surface area contributed by atoms with Gasteiger partial charge in [0, 0.05) is 5.41 Å². The number of nitrogens with two attached hydrogens (primary N) is 3. The van der Waals surface area contributed by atoms with Gasteiger partial charge in [0.15, 0.2) is 0 Å². The van der Waals surface area contributed by atoms with Crippen molar-refractivity contribution in [3.8, 4) is 6.07 Å². The van der Waals surface area contributed by atoms with Crippen LogP contribution in [0.1, 0.15) is 32.1 Å². The Labute approximate surface area is 133 Å². The van der Waals surface area contributed by atoms with E-state index in [0.29, 0.717) is 23.5 Å². The standard InChI is InChI=1S/C14H19N5O2S/c15-6-8-11(17)19-13(22-7-9(16)20)10(12(18)21)14(8)4-2-1-3-5-14/h10H,1-5,7,17H2,(H2,16,20)(H2,18,21). The topological polar surface area (TPSA) is 148 Å². The van der Waals surface area contributed by atoms with Crippen molar-refractivity contribution in [2.75, 3.05) is 5.75 Å². The molecule has 1 atom stereocenters. The molecule has 2 amide bonds. The number of nitriles is 1. The molecule has 1 aliphatic heterocycles. The maximum Gasteiger partial charge on any atom is 0.228 e. The second-order valence-electron chi connectivity index (χ2n) is 5.63. The molecule has 1 spiro atoms. The van der Waals surface area contributed by atoms with Crippen LogP contribution in [0, 0.1) is 22.7 Å². The highest BCUT2D eigenvalue weighted by atomic mass is 32.2. The van der Waals surface area contributed by atoms with Gasteiger partial charge in [-0.05, 0) is 12.8 Å². The van der Waals surface area contributed by atoms with Crippen molar-refractivity contribution in [3.63, 3.8) is 0 Å². The summed E-state index contributed by atoms with van der Waals surface area (Å²) < 4.78 is 0. The molecule has 0 saturated heterocycles. The molecule has 2 rings (SSSR count). The highest BCUT2D eigenvalue weighted by Crippen LogP contribution is 2.52. The van der Waals surface area contributed by atoms with Crippen molar-refractivity contribution in [2.45, 2.75) is 32.1 Å². The number of hydrogen-bond acceptors (Lipinski definition) is 6. The SMILES string of the molecule is N#CC1=C(N)N=C(SCC(N)=O)C(C(N)=O)C12CCCCC2. The van der Waals surface area contributed by atoms with Gasteiger partial charge in [0.25, 0.3) is 0 Å². The van der Waals surface area contributed by atoms with E-state index >= 15 is 0 Å². The van der Waals surface area contributed by atoms with Crippen LogP contribution in [0.25, 0.3) is 0 Å². The molecule has 0 bridgehead atoms. The second kappa shape index (κ2) is 6.40. The number of nitrogens with zero attached hydrogens (tertiary/aromatic N) is 2. The largest absolute Gasteiger partial charge is 0.383 e. The molecule has 0 aromatic carbocycles. The molecule has 1 heterocycles. The van der Waals surface area contributed by atoms with Crippen LogP contribution in [0.3, 0.4) is 0 Å². The van der Waals surface area contributed by atoms with Crippen molar-refractivity contribution in [2.24, 2.45) is 33.5 Å². The average molecular weight is 321 g/mol. The van der Waals surface area contributed by atoms with Gasteiger partial charge in [-0.25, -0.2) is 4.99 Å². The number of aliphatic imine (C=N–C) groups is 1. The van der Waals surface area contributed by atoms with Gasteiger partial charge >= 0.3 is 0 Å². The molecule has 2 aliphatic rings. The van der Waals surface area contributed by atoms with Crippen LogP contribution >= 0.6 is 11.8 Å². The van der Waals surface area contributed by atoms with E-state index in [-0.39, 0.29) is 11.6 Å². The van der Waals surface area contributed by atoms with Crippen LogP contribution in [0.4, 0.5) is 0 Å². The van der Waals surface area contributed by atoms with E-state index in [0.717, 1.165) is 31.0 Å². The number of thioether (sulfide) groups is 1. The van der Waals surface area contributed by atoms with Crippen LogP contribution in [0.5, 0.6) is 0 Å². The van der Waals surface area contributed by atoms with E-state index in [1.54, 1.807) is 0 Å². The molecule has 1 fully saturated rings. The van der Waals surface area contributed by atoms with Crippen LogP contribution < -0.4 is 17.2 Å². The minimum atomic E-state index is -0.723. The third-order valence-corrected chi connectivity index (χ3v) is 5.34. The van der Waals surface area contributed by atoms with Crippen molar-refractivity contribution in [3.05, 3.63) is 11.4 Å². The first-order chi connectivity index (χ1) is 10.4. The number of allylic oxidation sites excluding steroid dienone is 1. The Morgan fingerprint density at radius 3 is 2.45 bits per heavy atom. The zero-order valence-corrected chi connectivity index (χ0v) is 13.0. The first-order valence-corrected chi connectivity index (χ1v) is 8.10. The molecule has 1 unspecified atom stereocenters. The Hall–Kier alpha value is -2.01. The molecule has 8 heteroatoms. The van der Waals surface area contributed by atoms with Crippen molar-refractivity contribution in [1.29, 1.82) is 5.26 Å². The van der Waals surface area contributed by atoms with Gasteiger partial charge < -0.3 is 17.2 Å². The van der Waals surface area contributed by atoms with Gasteiger partial charge in [0.05, 0.1) is 28.4 Å². The van der Waals surface area contributed by atoms with E-state index in [2.05, 4.69) is 11.1 Å². The quantitative estimate of drug-likeness (QED) is 0.686. The summed E-state index contributed by atoms with van der Waals surface area (Å²) in [7, 11) is 0. The second-order valence-corrected chi connectivity index (χ2v) is 6.62. The summed E-state index contributed by atoms with van der Waals surface area (Å²) in [4.78, 5) is 27.3. The lowest BCUT2D eigenvalue weighted by atomic mass is 9.61. The third-order valence-electron chi connectivity index (χ3n) is 4.29. The molecule has 6 N–H and O–H groups in total. The number of primary amides is 2. The number of carbonyl (C=O) groups is 2. The van der Waals surface area contributed by atoms with Gasteiger partial charge in [-0.3, -0.25) is 9.59 Å². The van der Waals surface area contributed by atoms with Gasteiger partial charge in [-0.2, -0.15) is 5.26 Å². The monoisotopic (exact) mass is 321 g/mol. The third kappa shape index (κ3) is 2.81. The number of amides is 2. The molecule has 0 aromatic heterocycles. The van der Waals surface area contributed by atoms with Crippen LogP contribution in [0.15, 0.2) is 16.4 Å².